The second-order valence-electron chi connectivity index (χ2n) is 6.24. The Hall–Kier alpha value is -1.99. The Morgan fingerprint density at radius 3 is 2.83 bits per heavy atom. The normalized spacial score (nSPS) is 11.7. The molecule has 1 N–H and O–H groups in total. The fraction of sp³-hybridized carbons (Fsp3) is 0.471. The molecule has 0 radical (unpaired) electrons. The maximum atomic E-state index is 5.33. The van der Waals surface area contributed by atoms with Crippen molar-refractivity contribution < 1.29 is 4.52 Å². The van der Waals surface area contributed by atoms with Crippen molar-refractivity contribution in [3.8, 4) is 10.6 Å². The van der Waals surface area contributed by atoms with Crippen molar-refractivity contribution in [3.63, 3.8) is 0 Å². The molecule has 0 atom stereocenters. The number of nitrogens with one attached hydrogen (secondary N) is 1. The van der Waals surface area contributed by atoms with Gasteiger partial charge in [0.05, 0.1) is 17.1 Å². The molecular weight excluding hydrogens is 322 g/mol. The van der Waals surface area contributed by atoms with E-state index < -0.39 is 0 Å². The smallest absolute Gasteiger partial charge is 0.226 e. The molecule has 0 spiro atoms. The molecule has 0 saturated carbocycles. The van der Waals surface area contributed by atoms with Gasteiger partial charge in [-0.25, -0.2) is 0 Å². The van der Waals surface area contributed by atoms with Crippen LogP contribution in [-0.2, 0) is 19.5 Å². The molecule has 0 fully saturated rings. The second-order valence-corrected chi connectivity index (χ2v) is 7.41. The first kappa shape index (κ1) is 16.9. The zero-order valence-corrected chi connectivity index (χ0v) is 15.1. The van der Waals surface area contributed by atoms with Crippen LogP contribution in [0.15, 0.2) is 28.9 Å². The maximum absolute atomic E-state index is 5.33. The Kier molecular flexibility index (Phi) is 5.42. The highest BCUT2D eigenvalue weighted by molar-refractivity contribution is 7.15. The quantitative estimate of drug-likeness (QED) is 0.673. The molecule has 3 heterocycles. The summed E-state index contributed by atoms with van der Waals surface area (Å²) in [5.41, 5.74) is 1.06. The van der Waals surface area contributed by atoms with E-state index in [0.717, 1.165) is 36.9 Å². The van der Waals surface area contributed by atoms with Crippen LogP contribution >= 0.6 is 11.3 Å². The minimum Gasteiger partial charge on any atom is -0.339 e. The van der Waals surface area contributed by atoms with Crippen molar-refractivity contribution in [1.82, 2.24) is 25.2 Å². The fourth-order valence-electron chi connectivity index (χ4n) is 2.49. The molecule has 3 aromatic heterocycles. The predicted octanol–water partition coefficient (Wildman–Crippen LogP) is 3.74. The van der Waals surface area contributed by atoms with Crippen molar-refractivity contribution in [2.45, 2.75) is 40.3 Å². The summed E-state index contributed by atoms with van der Waals surface area (Å²) < 4.78 is 5.33. The Morgan fingerprint density at radius 2 is 2.12 bits per heavy atom. The van der Waals surface area contributed by atoms with Crippen molar-refractivity contribution in [2.24, 2.45) is 5.92 Å². The summed E-state index contributed by atoms with van der Waals surface area (Å²) in [4.78, 5) is 9.33. The monoisotopic (exact) mass is 345 g/mol. The lowest BCUT2D eigenvalue weighted by Crippen LogP contribution is -2.22. The molecular formula is C17H23N5OS. The highest BCUT2D eigenvalue weighted by atomic mass is 32.1. The van der Waals surface area contributed by atoms with Crippen LogP contribution in [0.5, 0.6) is 0 Å². The number of hydrogen-bond donors (Lipinski definition) is 1. The van der Waals surface area contributed by atoms with E-state index in [4.69, 9.17) is 4.52 Å². The van der Waals surface area contributed by atoms with E-state index in [9.17, 15) is 0 Å². The molecule has 0 aliphatic rings. The number of nitrogens with zero attached hydrogens (tertiary/aromatic N) is 4. The minimum atomic E-state index is 0.521. The van der Waals surface area contributed by atoms with Crippen LogP contribution in [0.3, 0.4) is 0 Å². The summed E-state index contributed by atoms with van der Waals surface area (Å²) in [5.74, 6) is 2.01. The van der Waals surface area contributed by atoms with E-state index >= 15 is 0 Å². The van der Waals surface area contributed by atoms with Crippen LogP contribution in [0, 0.1) is 5.92 Å². The molecule has 0 aliphatic carbocycles. The van der Waals surface area contributed by atoms with Crippen LogP contribution in [0.25, 0.3) is 10.6 Å². The van der Waals surface area contributed by atoms with Crippen molar-refractivity contribution >= 4 is 11.3 Å². The fourth-order valence-corrected chi connectivity index (χ4v) is 3.51. The minimum absolute atomic E-state index is 0.521. The van der Waals surface area contributed by atoms with Gasteiger partial charge >= 0.3 is 0 Å². The molecule has 6 nitrogen and oxygen atoms in total. The third kappa shape index (κ3) is 4.30. The summed E-state index contributed by atoms with van der Waals surface area (Å²) in [6.45, 7) is 8.97. The number of H-pyrrole nitrogens is 1. The molecule has 0 unspecified atom stereocenters. The van der Waals surface area contributed by atoms with Gasteiger partial charge in [0.15, 0.2) is 5.82 Å². The molecule has 0 aliphatic heterocycles. The van der Waals surface area contributed by atoms with Crippen LogP contribution in [0.2, 0.25) is 0 Å². The van der Waals surface area contributed by atoms with Crippen LogP contribution in [-0.4, -0.2) is 31.8 Å². The van der Waals surface area contributed by atoms with Gasteiger partial charge in [0.1, 0.15) is 0 Å². The number of aromatic amines is 1. The molecule has 3 rings (SSSR count). The molecule has 0 amide bonds. The van der Waals surface area contributed by atoms with Crippen molar-refractivity contribution in [2.75, 3.05) is 6.54 Å². The van der Waals surface area contributed by atoms with Crippen molar-refractivity contribution in [3.05, 3.63) is 41.0 Å². The van der Waals surface area contributed by atoms with Crippen LogP contribution in [0.4, 0.5) is 0 Å². The Bertz CT molecular complexity index is 747. The Labute approximate surface area is 145 Å². The SMILES string of the molecule is CCN(Cc1noc(CC(C)C)n1)Cc1ccc(-c2ccn[nH]2)s1. The first-order valence-electron chi connectivity index (χ1n) is 8.26. The van der Waals surface area contributed by atoms with E-state index in [1.807, 2.05) is 6.07 Å². The Balaban J connectivity index is 1.61. The average molecular weight is 345 g/mol. The molecule has 3 aromatic rings. The summed E-state index contributed by atoms with van der Waals surface area (Å²) in [7, 11) is 0. The van der Waals surface area contributed by atoms with Gasteiger partial charge in [-0.1, -0.05) is 25.9 Å². The Morgan fingerprint density at radius 1 is 1.25 bits per heavy atom. The lowest BCUT2D eigenvalue weighted by Gasteiger charge is -2.17. The zero-order chi connectivity index (χ0) is 16.9. The molecule has 128 valence electrons. The summed E-state index contributed by atoms with van der Waals surface area (Å²) >= 11 is 1.78. The largest absolute Gasteiger partial charge is 0.339 e. The number of rotatable bonds is 8. The lowest BCUT2D eigenvalue weighted by molar-refractivity contribution is 0.260. The molecule has 0 aromatic carbocycles. The highest BCUT2D eigenvalue weighted by Crippen LogP contribution is 2.27. The van der Waals surface area contributed by atoms with Crippen molar-refractivity contribution in [1.29, 1.82) is 0 Å². The predicted molar refractivity (Wildman–Crippen MR) is 94.5 cm³/mol. The molecule has 0 bridgehead atoms. The molecule has 7 heteroatoms. The highest BCUT2D eigenvalue weighted by Gasteiger charge is 2.13. The van der Waals surface area contributed by atoms with Gasteiger partial charge < -0.3 is 4.52 Å². The molecule has 0 saturated heterocycles. The summed E-state index contributed by atoms with van der Waals surface area (Å²) in [5, 5.41) is 11.1. The van der Waals surface area contributed by atoms with Crippen LogP contribution in [0.1, 0.15) is 37.4 Å². The number of aromatic nitrogens is 4. The van der Waals surface area contributed by atoms with Gasteiger partial charge in [0.25, 0.3) is 0 Å². The average Bonchev–Trinajstić information content (AvgIpc) is 3.26. The van der Waals surface area contributed by atoms with E-state index in [1.165, 1.54) is 9.75 Å². The van der Waals surface area contributed by atoms with E-state index in [2.05, 4.69) is 58.1 Å². The summed E-state index contributed by atoms with van der Waals surface area (Å²) in [6, 6.07) is 6.29. The van der Waals surface area contributed by atoms with Gasteiger partial charge in [0.2, 0.25) is 5.89 Å². The topological polar surface area (TPSA) is 70.8 Å². The van der Waals surface area contributed by atoms with E-state index in [0.29, 0.717) is 12.5 Å². The summed E-state index contributed by atoms with van der Waals surface area (Å²) in [6.07, 6.45) is 2.61. The van der Waals surface area contributed by atoms with Gasteiger partial charge in [-0.2, -0.15) is 10.1 Å². The van der Waals surface area contributed by atoms with E-state index in [-0.39, 0.29) is 0 Å². The third-order valence-electron chi connectivity index (χ3n) is 3.71. The van der Waals surface area contributed by atoms with Gasteiger partial charge in [-0.3, -0.25) is 10.00 Å². The second kappa shape index (κ2) is 7.72. The van der Waals surface area contributed by atoms with Gasteiger partial charge in [0, 0.05) is 24.0 Å². The first-order valence-corrected chi connectivity index (χ1v) is 9.08. The number of thiophene rings is 1. The van der Waals surface area contributed by atoms with Crippen LogP contribution < -0.4 is 0 Å². The molecule has 24 heavy (non-hydrogen) atoms. The first-order chi connectivity index (χ1) is 11.6. The van der Waals surface area contributed by atoms with Gasteiger partial charge in [-0.05, 0) is 30.7 Å². The maximum Gasteiger partial charge on any atom is 0.226 e. The lowest BCUT2D eigenvalue weighted by atomic mass is 10.1. The third-order valence-corrected chi connectivity index (χ3v) is 4.82. The standard InChI is InChI=1S/C17H23N5OS/c1-4-22(11-16-19-17(23-21-16)9-12(2)3)10-13-5-6-15(24-13)14-7-8-18-20-14/h5-8,12H,4,9-11H2,1-3H3,(H,18,20). The van der Waals surface area contributed by atoms with Gasteiger partial charge in [-0.15, -0.1) is 11.3 Å². The zero-order valence-electron chi connectivity index (χ0n) is 14.3. The van der Waals surface area contributed by atoms with E-state index in [1.54, 1.807) is 17.5 Å². The number of hydrogen-bond acceptors (Lipinski definition) is 6.